The number of halogens is 20. The Balaban J connectivity index is 0.000000337. The molecule has 0 spiro atoms. The summed E-state index contributed by atoms with van der Waals surface area (Å²) in [6.07, 6.45) is -2.44. The maximum Gasteiger partial charge on any atom is 0.241 e. The summed E-state index contributed by atoms with van der Waals surface area (Å²) < 4.78 is 296. The van der Waals surface area contributed by atoms with Crippen molar-refractivity contribution in [1.82, 2.24) is 4.98 Å². The van der Waals surface area contributed by atoms with Gasteiger partial charge in [0.25, 0.3) is 0 Å². The van der Waals surface area contributed by atoms with Crippen LogP contribution in [0.1, 0.15) is 16.1 Å². The Morgan fingerprint density at radius 2 is 0.781 bits per heavy atom. The number of hydrogen-bond donors (Lipinski definition) is 0. The zero-order valence-electron chi connectivity index (χ0n) is 30.4. The molecule has 0 aliphatic heterocycles. The molecule has 25 heteroatoms. The third-order valence-electron chi connectivity index (χ3n) is 9.40. The van der Waals surface area contributed by atoms with Crippen molar-refractivity contribution in [1.29, 1.82) is 5.26 Å². The topological polar surface area (TPSA) is 57.6 Å². The van der Waals surface area contributed by atoms with E-state index in [0.29, 0.717) is 11.3 Å². The molecule has 6 rings (SSSR count). The van der Waals surface area contributed by atoms with Crippen molar-refractivity contribution >= 4 is 39.4 Å². The average Bonchev–Trinajstić information content (AvgIpc) is 3.29. The molecular formula is C39H12BF20N3O. The molecule has 0 aliphatic rings. The lowest BCUT2D eigenvalue weighted by Crippen LogP contribution is -2.81. The van der Waals surface area contributed by atoms with Gasteiger partial charge in [-0.3, -0.25) is 9.78 Å². The molecule has 64 heavy (non-hydrogen) atoms. The van der Waals surface area contributed by atoms with Crippen LogP contribution in [0, 0.1) is 128 Å². The second-order valence-corrected chi connectivity index (χ2v) is 12.8. The number of rotatable bonds is 8. The quantitative estimate of drug-likeness (QED) is 0.0300. The van der Waals surface area contributed by atoms with E-state index >= 15 is 35.1 Å². The van der Waals surface area contributed by atoms with Crippen molar-refractivity contribution in [3.05, 3.63) is 183 Å². The lowest BCUT2D eigenvalue weighted by Gasteiger charge is -2.44. The number of carbonyl (C=O) groups excluding carboxylic acids is 1. The van der Waals surface area contributed by atoms with Crippen molar-refractivity contribution in [2.24, 2.45) is 0 Å². The molecule has 0 N–H and O–H groups in total. The molecule has 6 aromatic rings. The van der Waals surface area contributed by atoms with Gasteiger partial charge >= 0.3 is 0 Å². The van der Waals surface area contributed by atoms with Gasteiger partial charge in [-0.15, -0.1) is 21.9 Å². The van der Waals surface area contributed by atoms with Gasteiger partial charge in [0.2, 0.25) is 18.0 Å². The summed E-state index contributed by atoms with van der Waals surface area (Å²) >= 11 is 0. The number of nitrogens with zero attached hydrogens (tertiary/aromatic N) is 3. The highest BCUT2D eigenvalue weighted by Crippen LogP contribution is 2.30. The van der Waals surface area contributed by atoms with Gasteiger partial charge in [-0.25, -0.2) is 87.8 Å². The van der Waals surface area contributed by atoms with E-state index in [2.05, 4.69) is 11.6 Å². The Hall–Kier alpha value is -7.26. The zero-order chi connectivity index (χ0) is 48.0. The van der Waals surface area contributed by atoms with Gasteiger partial charge in [-0.05, 0) is 0 Å². The van der Waals surface area contributed by atoms with Crippen molar-refractivity contribution in [2.45, 2.75) is 6.54 Å². The van der Waals surface area contributed by atoms with Crippen LogP contribution in [0.2, 0.25) is 0 Å². The van der Waals surface area contributed by atoms with Crippen molar-refractivity contribution < 1.29 is 97.2 Å². The van der Waals surface area contributed by atoms with Crippen molar-refractivity contribution in [3.8, 4) is 6.07 Å². The lowest BCUT2D eigenvalue weighted by molar-refractivity contribution is -0.685. The van der Waals surface area contributed by atoms with Crippen LogP contribution in [-0.4, -0.2) is 16.9 Å². The molecule has 1 aromatic heterocycles. The summed E-state index contributed by atoms with van der Waals surface area (Å²) in [4.78, 5) is 16.1. The number of hydrogen-bond acceptors (Lipinski definition) is 3. The molecule has 1 heterocycles. The van der Waals surface area contributed by atoms with Gasteiger partial charge in [0.15, 0.2) is 76.0 Å². The minimum absolute atomic E-state index is 0.0243. The predicted octanol–water partition coefficient (Wildman–Crippen LogP) is 7.63. The molecule has 0 saturated carbocycles. The Kier molecular flexibility index (Phi) is 13.3. The fraction of sp³-hybridized carbons (Fsp3) is 0.0256. The summed E-state index contributed by atoms with van der Waals surface area (Å²) in [5.41, 5.74) is -12.9. The number of ketones is 1. The monoisotopic (exact) mass is 929 g/mol. The smallest absolute Gasteiger partial charge is 0.241 e. The zero-order valence-corrected chi connectivity index (χ0v) is 30.4. The third kappa shape index (κ3) is 7.44. The van der Waals surface area contributed by atoms with Crippen LogP contribution in [-0.2, 0) is 6.54 Å². The minimum atomic E-state index is -7.22. The molecule has 0 unspecified atom stereocenters. The summed E-state index contributed by atoms with van der Waals surface area (Å²) in [5.74, 6) is -71.4. The summed E-state index contributed by atoms with van der Waals surface area (Å²) in [7, 11) is 0. The lowest BCUT2D eigenvalue weighted by atomic mass is 9.12. The van der Waals surface area contributed by atoms with Crippen LogP contribution in [0.3, 0.4) is 0 Å². The molecule has 0 radical (unpaired) electrons. The average molecular weight is 929 g/mol. The number of Topliss-reactive ketones (excluding diaryl/α,β-unsaturated/α-hetero) is 1. The van der Waals surface area contributed by atoms with E-state index in [-0.39, 0.29) is 17.9 Å². The van der Waals surface area contributed by atoms with Gasteiger partial charge in [0, 0.05) is 5.56 Å². The van der Waals surface area contributed by atoms with Crippen molar-refractivity contribution in [3.63, 3.8) is 0 Å². The minimum Gasteiger partial charge on any atom is -0.287 e. The number of benzene rings is 5. The molecule has 332 valence electrons. The van der Waals surface area contributed by atoms with Crippen molar-refractivity contribution in [2.75, 3.05) is 0 Å². The summed E-state index contributed by atoms with van der Waals surface area (Å²) in [5, 5.41) is 8.89. The van der Waals surface area contributed by atoms with Crippen LogP contribution in [0.15, 0.2) is 55.5 Å². The van der Waals surface area contributed by atoms with Gasteiger partial charge in [-0.2, -0.15) is 9.83 Å². The Morgan fingerprint density at radius 1 is 0.500 bits per heavy atom. The predicted molar refractivity (Wildman–Crippen MR) is 179 cm³/mol. The van der Waals surface area contributed by atoms with E-state index in [4.69, 9.17) is 5.26 Å². The van der Waals surface area contributed by atoms with E-state index in [0.717, 1.165) is 0 Å². The van der Waals surface area contributed by atoms with E-state index < -0.39 is 144 Å². The molecule has 0 aliphatic carbocycles. The standard InChI is InChI=1S/C24BF20.C15H12N3O/c26-5-1(6(27)14(35)21(42)13(5)34)25(2-7(28)15(36)22(43)16(37)8(2)29,3-9(30)17(38)23(44)18(39)10(3)31)4-11(32)19(40)24(45)20(41)12(4)33;1-12(9-16)14-10-17-7-8-18(14)11-15(19)13-5-3-2-4-6-13/h;2-8,10H,1,11H2/q-1;+1. The van der Waals surface area contributed by atoms with Crippen LogP contribution in [0.4, 0.5) is 87.8 Å². The van der Waals surface area contributed by atoms with Crippen LogP contribution >= 0.6 is 0 Å². The fourth-order valence-corrected chi connectivity index (χ4v) is 6.58. The third-order valence-corrected chi connectivity index (χ3v) is 9.40. The molecule has 0 fully saturated rings. The normalized spacial score (nSPS) is 11.3. The highest BCUT2D eigenvalue weighted by molar-refractivity contribution is 7.20. The Labute approximate surface area is 342 Å². The van der Waals surface area contributed by atoms with Gasteiger partial charge in [0.05, 0.1) is 6.20 Å². The van der Waals surface area contributed by atoms with Crippen LogP contribution < -0.4 is 26.4 Å². The maximum atomic E-state index is 15.4. The Morgan fingerprint density at radius 3 is 1.06 bits per heavy atom. The largest absolute Gasteiger partial charge is 0.287 e. The molecule has 0 atom stereocenters. The van der Waals surface area contributed by atoms with E-state index in [1.807, 2.05) is 24.3 Å². The van der Waals surface area contributed by atoms with Crippen LogP contribution in [0.5, 0.6) is 0 Å². The molecule has 0 saturated heterocycles. The first-order valence-electron chi connectivity index (χ1n) is 16.7. The SMILES string of the molecule is C=C(C#N)c1cncc[n+]1CC(=O)c1ccccc1.Fc1c(F)c(F)c([B-](c2c(F)c(F)c(F)c(F)c2F)(c2c(F)c(F)c(F)c(F)c2F)c2c(F)c(F)c(F)c(F)c2F)c(F)c1F. The highest BCUT2D eigenvalue weighted by Gasteiger charge is 2.52. The molecule has 0 amide bonds. The van der Waals surface area contributed by atoms with Gasteiger partial charge in [-0.1, -0.05) is 36.9 Å². The fourth-order valence-electron chi connectivity index (χ4n) is 6.58. The first kappa shape index (κ1) is 47.8. The first-order chi connectivity index (χ1) is 29.9. The van der Waals surface area contributed by atoms with E-state index in [1.54, 1.807) is 29.1 Å². The number of aromatic nitrogens is 2. The number of carbonyl (C=O) groups is 1. The maximum absolute atomic E-state index is 15.4. The molecular weight excluding hydrogens is 917 g/mol. The first-order valence-corrected chi connectivity index (χ1v) is 16.7. The highest BCUT2D eigenvalue weighted by atomic mass is 19.2. The van der Waals surface area contributed by atoms with Gasteiger partial charge < -0.3 is 0 Å². The Bertz CT molecular complexity index is 2600. The second-order valence-electron chi connectivity index (χ2n) is 12.8. The molecule has 5 aromatic carbocycles. The van der Waals surface area contributed by atoms with E-state index in [9.17, 15) is 57.5 Å². The number of allylic oxidation sites excluding steroid dienone is 1. The second kappa shape index (κ2) is 17.8. The van der Waals surface area contributed by atoms with Crippen LogP contribution in [0.25, 0.3) is 5.57 Å². The van der Waals surface area contributed by atoms with E-state index in [1.165, 1.54) is 6.20 Å². The summed E-state index contributed by atoms with van der Waals surface area (Å²) in [6.45, 7) is 3.81. The molecule has 4 nitrogen and oxygen atoms in total. The van der Waals surface area contributed by atoms with Gasteiger partial charge in [0.1, 0.15) is 70.5 Å². The molecule has 0 bridgehead atoms. The summed E-state index contributed by atoms with van der Waals surface area (Å²) in [6, 6.07) is 11.0. The number of nitriles is 1.